The smallest absolute Gasteiger partial charge is 0.129 e. The lowest BCUT2D eigenvalue weighted by atomic mass is 9.75. The Morgan fingerprint density at radius 2 is 1.17 bits per heavy atom. The van der Waals surface area contributed by atoms with E-state index in [-0.39, 0.29) is 0 Å². The molecular weight excluding hydrogens is 643 g/mol. The highest BCUT2D eigenvalue weighted by Crippen LogP contribution is 2.47. The first-order valence-corrected chi connectivity index (χ1v) is 18.5. The zero-order valence-corrected chi connectivity index (χ0v) is 29.2. The van der Waals surface area contributed by atoms with E-state index >= 15 is 0 Å². The Labute approximate surface area is 309 Å². The molecule has 9 aromatic rings. The van der Waals surface area contributed by atoms with Crippen molar-refractivity contribution in [2.45, 2.75) is 18.9 Å². The van der Waals surface area contributed by atoms with Crippen molar-refractivity contribution in [2.24, 2.45) is 0 Å². The number of benzene rings is 8. The minimum Gasteiger partial charge on any atom is -0.488 e. The number of nitrogens with zero attached hydrogens (tertiary/aromatic N) is 1. The highest BCUT2D eigenvalue weighted by Gasteiger charge is 2.27. The summed E-state index contributed by atoms with van der Waals surface area (Å²) in [6.45, 7) is 0.594. The van der Waals surface area contributed by atoms with Crippen LogP contribution < -0.4 is 4.74 Å². The molecule has 1 aromatic heterocycles. The number of rotatable bonds is 4. The fraction of sp³-hybridized carbons (Fsp3) is 0.0588. The Kier molecular flexibility index (Phi) is 6.78. The number of hydrogen-bond acceptors (Lipinski definition) is 1. The van der Waals surface area contributed by atoms with E-state index in [2.05, 4.69) is 187 Å². The molecule has 1 aliphatic carbocycles. The standard InChI is InChI=1S/C51H35NO/c1-2-12-33(13-3-1)34-15-10-16-37(28-34)45-31-38-25-24-35(29-44(38)41-18-6-7-19-42(41)45)36-26-27-48-46(30-36)43-20-8-9-21-47(43)52(48)49-22-11-23-50-51(49)40-17-5-4-14-39(40)32-53-50/h1-30,45H,31-32H2. The molecule has 53 heavy (non-hydrogen) atoms. The number of ether oxygens (including phenoxy) is 1. The fourth-order valence-corrected chi connectivity index (χ4v) is 8.98. The molecule has 1 atom stereocenters. The summed E-state index contributed by atoms with van der Waals surface area (Å²) >= 11 is 0. The van der Waals surface area contributed by atoms with Crippen molar-refractivity contribution < 1.29 is 4.74 Å². The summed E-state index contributed by atoms with van der Waals surface area (Å²) in [5, 5.41) is 2.49. The summed E-state index contributed by atoms with van der Waals surface area (Å²) in [5.41, 5.74) is 19.0. The first-order valence-electron chi connectivity index (χ1n) is 18.5. The number of hydrogen-bond donors (Lipinski definition) is 0. The van der Waals surface area contributed by atoms with E-state index in [0.29, 0.717) is 12.5 Å². The summed E-state index contributed by atoms with van der Waals surface area (Å²) in [4.78, 5) is 0. The molecule has 1 unspecified atom stereocenters. The van der Waals surface area contributed by atoms with E-state index in [9.17, 15) is 0 Å². The van der Waals surface area contributed by atoms with Gasteiger partial charge in [0.15, 0.2) is 0 Å². The van der Waals surface area contributed by atoms with Crippen molar-refractivity contribution in [3.8, 4) is 55.9 Å². The second kappa shape index (κ2) is 12.0. The highest BCUT2D eigenvalue weighted by atomic mass is 16.5. The number of para-hydroxylation sites is 1. The van der Waals surface area contributed by atoms with Gasteiger partial charge in [0.25, 0.3) is 0 Å². The number of fused-ring (bicyclic) bond motifs is 9. The predicted octanol–water partition coefficient (Wildman–Crippen LogP) is 13.0. The van der Waals surface area contributed by atoms with Crippen molar-refractivity contribution in [3.05, 3.63) is 204 Å². The van der Waals surface area contributed by atoms with Crippen molar-refractivity contribution in [1.82, 2.24) is 4.57 Å². The van der Waals surface area contributed by atoms with Gasteiger partial charge in [-0.1, -0.05) is 146 Å². The Bertz CT molecular complexity index is 2880. The Morgan fingerprint density at radius 1 is 0.453 bits per heavy atom. The van der Waals surface area contributed by atoms with Gasteiger partial charge in [-0.2, -0.15) is 0 Å². The van der Waals surface area contributed by atoms with Crippen molar-refractivity contribution >= 4 is 21.8 Å². The molecule has 2 heteroatoms. The highest BCUT2D eigenvalue weighted by molar-refractivity contribution is 6.11. The molecule has 11 rings (SSSR count). The summed E-state index contributed by atoms with van der Waals surface area (Å²) in [6, 6.07) is 66.8. The second-order valence-electron chi connectivity index (χ2n) is 14.4. The van der Waals surface area contributed by atoms with Gasteiger partial charge in [-0.05, 0) is 104 Å². The normalized spacial score (nSPS) is 14.2. The largest absolute Gasteiger partial charge is 0.488 e. The van der Waals surface area contributed by atoms with Gasteiger partial charge in [-0.15, -0.1) is 0 Å². The van der Waals surface area contributed by atoms with Crippen LogP contribution in [0.5, 0.6) is 5.75 Å². The molecule has 0 N–H and O–H groups in total. The minimum absolute atomic E-state index is 0.303. The van der Waals surface area contributed by atoms with Gasteiger partial charge in [-0.3, -0.25) is 0 Å². The molecule has 0 bridgehead atoms. The third-order valence-electron chi connectivity index (χ3n) is 11.5. The fourth-order valence-electron chi connectivity index (χ4n) is 8.98. The van der Waals surface area contributed by atoms with Crippen LogP contribution in [0.1, 0.15) is 28.2 Å². The summed E-state index contributed by atoms with van der Waals surface area (Å²) in [6.07, 6.45) is 0.978. The Hall–Kier alpha value is -6.64. The topological polar surface area (TPSA) is 14.2 Å². The van der Waals surface area contributed by atoms with Crippen LogP contribution in [0.15, 0.2) is 182 Å². The monoisotopic (exact) mass is 677 g/mol. The maximum atomic E-state index is 6.30. The molecule has 0 radical (unpaired) electrons. The third-order valence-corrected chi connectivity index (χ3v) is 11.5. The lowest BCUT2D eigenvalue weighted by molar-refractivity contribution is 0.302. The maximum Gasteiger partial charge on any atom is 0.129 e. The molecule has 0 saturated carbocycles. The molecule has 0 fully saturated rings. The van der Waals surface area contributed by atoms with Crippen molar-refractivity contribution in [3.63, 3.8) is 0 Å². The first-order chi connectivity index (χ1) is 26.3. The van der Waals surface area contributed by atoms with E-state index in [0.717, 1.165) is 23.4 Å². The van der Waals surface area contributed by atoms with Crippen LogP contribution >= 0.6 is 0 Å². The Balaban J connectivity index is 1.02. The number of aromatic nitrogens is 1. The third kappa shape index (κ3) is 4.80. The van der Waals surface area contributed by atoms with E-state index < -0.39 is 0 Å². The van der Waals surface area contributed by atoms with Crippen LogP contribution in [-0.2, 0) is 13.0 Å². The molecule has 0 spiro atoms. The van der Waals surface area contributed by atoms with Crippen LogP contribution in [0.2, 0.25) is 0 Å². The summed E-state index contributed by atoms with van der Waals surface area (Å²) < 4.78 is 8.73. The molecule has 0 saturated heterocycles. The molecule has 2 nitrogen and oxygen atoms in total. The zero-order chi connectivity index (χ0) is 34.9. The van der Waals surface area contributed by atoms with Gasteiger partial charge in [0.05, 0.1) is 16.7 Å². The quantitative estimate of drug-likeness (QED) is 0.181. The van der Waals surface area contributed by atoms with Gasteiger partial charge in [0.1, 0.15) is 12.4 Å². The first kappa shape index (κ1) is 30.0. The molecule has 250 valence electrons. The van der Waals surface area contributed by atoms with Crippen molar-refractivity contribution in [2.75, 3.05) is 0 Å². The van der Waals surface area contributed by atoms with Gasteiger partial charge in [0, 0.05) is 22.3 Å². The maximum absolute atomic E-state index is 6.30. The predicted molar refractivity (Wildman–Crippen MR) is 219 cm³/mol. The van der Waals surface area contributed by atoms with Gasteiger partial charge in [-0.25, -0.2) is 0 Å². The summed E-state index contributed by atoms with van der Waals surface area (Å²) in [7, 11) is 0. The van der Waals surface area contributed by atoms with E-state index in [1.54, 1.807) is 0 Å². The van der Waals surface area contributed by atoms with Crippen LogP contribution in [0, 0.1) is 0 Å². The molecule has 2 heterocycles. The average Bonchev–Trinajstić information content (AvgIpc) is 3.57. The van der Waals surface area contributed by atoms with Crippen LogP contribution in [-0.4, -0.2) is 4.57 Å². The van der Waals surface area contributed by atoms with Crippen LogP contribution in [0.25, 0.3) is 72.0 Å². The minimum atomic E-state index is 0.303. The molecule has 8 aromatic carbocycles. The van der Waals surface area contributed by atoms with E-state index in [4.69, 9.17) is 4.74 Å². The van der Waals surface area contributed by atoms with Crippen LogP contribution in [0.4, 0.5) is 0 Å². The lowest BCUT2D eigenvalue weighted by Gasteiger charge is -2.29. The summed E-state index contributed by atoms with van der Waals surface area (Å²) in [5.74, 6) is 1.24. The van der Waals surface area contributed by atoms with Gasteiger partial charge < -0.3 is 9.30 Å². The van der Waals surface area contributed by atoms with Gasteiger partial charge >= 0.3 is 0 Å². The molecule has 1 aliphatic heterocycles. The zero-order valence-electron chi connectivity index (χ0n) is 29.2. The Morgan fingerprint density at radius 3 is 2.11 bits per heavy atom. The van der Waals surface area contributed by atoms with Gasteiger partial charge in [0.2, 0.25) is 0 Å². The second-order valence-corrected chi connectivity index (χ2v) is 14.4. The molecular formula is C51H35NO. The lowest BCUT2D eigenvalue weighted by Crippen LogP contribution is -2.12. The van der Waals surface area contributed by atoms with Crippen molar-refractivity contribution in [1.29, 1.82) is 0 Å². The van der Waals surface area contributed by atoms with E-state index in [1.807, 2.05) is 0 Å². The van der Waals surface area contributed by atoms with E-state index in [1.165, 1.54) is 83.0 Å². The SMILES string of the molecule is c1ccc(-c2cccc(C3Cc4ccc(-c5ccc6c(c5)c5ccccc5n6-c5cccc6c5-c5ccccc5CO6)cc4-c4ccccc43)c2)cc1. The molecule has 0 amide bonds. The van der Waals surface area contributed by atoms with Crippen LogP contribution in [0.3, 0.4) is 0 Å². The molecule has 2 aliphatic rings. The average molecular weight is 678 g/mol.